The molecule has 0 spiro atoms. The largest absolute Gasteiger partial charge is 0.497 e. The van der Waals surface area contributed by atoms with Gasteiger partial charge in [0.25, 0.3) is 0 Å². The van der Waals surface area contributed by atoms with Crippen LogP contribution in [0.4, 0.5) is 5.82 Å². The second kappa shape index (κ2) is 4.18. The highest BCUT2D eigenvalue weighted by atomic mass is 79.9. The Morgan fingerprint density at radius 2 is 2.47 bits per heavy atom. The molecule has 80 valence electrons. The van der Waals surface area contributed by atoms with Gasteiger partial charge in [-0.1, -0.05) is 15.9 Å². The summed E-state index contributed by atoms with van der Waals surface area (Å²) >= 11 is 3.43. The lowest BCUT2D eigenvalue weighted by molar-refractivity contribution is -0.117. The third-order valence-electron chi connectivity index (χ3n) is 2.31. The fourth-order valence-corrected chi connectivity index (χ4v) is 2.13. The van der Waals surface area contributed by atoms with Crippen LogP contribution in [0.2, 0.25) is 0 Å². The van der Waals surface area contributed by atoms with Gasteiger partial charge < -0.3 is 4.74 Å². The van der Waals surface area contributed by atoms with E-state index in [0.717, 1.165) is 0 Å². The number of methoxy groups -OCH3 is 1. The van der Waals surface area contributed by atoms with Gasteiger partial charge >= 0.3 is 0 Å². The van der Waals surface area contributed by atoms with Crippen LogP contribution in [-0.4, -0.2) is 29.4 Å². The first-order chi connectivity index (χ1) is 7.20. The molecule has 0 aliphatic carbocycles. The molecule has 1 aromatic heterocycles. The van der Waals surface area contributed by atoms with Crippen LogP contribution in [0.1, 0.15) is 6.42 Å². The number of hydrogen-bond acceptors (Lipinski definition) is 3. The Morgan fingerprint density at radius 3 is 3.07 bits per heavy atom. The van der Waals surface area contributed by atoms with Gasteiger partial charge in [-0.3, -0.25) is 9.69 Å². The van der Waals surface area contributed by atoms with E-state index in [9.17, 15) is 4.79 Å². The molecule has 0 aromatic carbocycles. The Bertz CT molecular complexity index is 383. The molecule has 2 heterocycles. The monoisotopic (exact) mass is 270 g/mol. The van der Waals surface area contributed by atoms with Crippen molar-refractivity contribution < 1.29 is 9.53 Å². The number of halogens is 1. The second-order valence-electron chi connectivity index (χ2n) is 3.36. The molecule has 1 saturated heterocycles. The lowest BCUT2D eigenvalue weighted by Crippen LogP contribution is -2.25. The molecule has 1 fully saturated rings. The lowest BCUT2D eigenvalue weighted by Gasteiger charge is -2.14. The first-order valence-electron chi connectivity index (χ1n) is 4.65. The molecular formula is C10H11BrN2O2. The Hall–Kier alpha value is -1.10. The molecule has 4 nitrogen and oxygen atoms in total. The minimum atomic E-state index is 0.0950. The molecule has 15 heavy (non-hydrogen) atoms. The number of aromatic nitrogens is 1. The number of pyridine rings is 1. The Labute approximate surface area is 96.4 Å². The summed E-state index contributed by atoms with van der Waals surface area (Å²) in [4.78, 5) is 17.6. The molecule has 0 N–H and O–H groups in total. The van der Waals surface area contributed by atoms with Gasteiger partial charge in [0.05, 0.1) is 7.11 Å². The third kappa shape index (κ3) is 2.12. The average Bonchev–Trinajstić information content (AvgIpc) is 2.58. The van der Waals surface area contributed by atoms with E-state index in [1.165, 1.54) is 0 Å². The SMILES string of the molecule is COc1ccnc(N2CC(Br)CC2=O)c1. The minimum absolute atomic E-state index is 0.0950. The van der Waals surface area contributed by atoms with Crippen LogP contribution < -0.4 is 9.64 Å². The summed E-state index contributed by atoms with van der Waals surface area (Å²) in [5.41, 5.74) is 0. The maximum Gasteiger partial charge on any atom is 0.229 e. The summed E-state index contributed by atoms with van der Waals surface area (Å²) in [6, 6.07) is 3.53. The number of amides is 1. The van der Waals surface area contributed by atoms with Crippen molar-refractivity contribution >= 4 is 27.7 Å². The molecule has 1 unspecified atom stereocenters. The van der Waals surface area contributed by atoms with E-state index in [2.05, 4.69) is 20.9 Å². The van der Waals surface area contributed by atoms with Gasteiger partial charge in [0.1, 0.15) is 11.6 Å². The lowest BCUT2D eigenvalue weighted by atomic mass is 10.4. The van der Waals surface area contributed by atoms with E-state index in [-0.39, 0.29) is 10.7 Å². The number of ether oxygens (including phenoxy) is 1. The Kier molecular flexibility index (Phi) is 2.90. The molecule has 0 radical (unpaired) electrons. The molecule has 1 aliphatic heterocycles. The standard InChI is InChI=1S/C10H11BrN2O2/c1-15-8-2-3-12-9(5-8)13-6-7(11)4-10(13)14/h2-3,5,7H,4,6H2,1H3. The fourth-order valence-electron chi connectivity index (χ4n) is 1.56. The topological polar surface area (TPSA) is 42.4 Å². The van der Waals surface area contributed by atoms with E-state index in [1.807, 2.05) is 0 Å². The highest BCUT2D eigenvalue weighted by molar-refractivity contribution is 9.09. The highest BCUT2D eigenvalue weighted by Crippen LogP contribution is 2.25. The van der Waals surface area contributed by atoms with Crippen LogP contribution in [0.25, 0.3) is 0 Å². The maximum absolute atomic E-state index is 11.6. The summed E-state index contributed by atoms with van der Waals surface area (Å²) in [5, 5.41) is 0. The maximum atomic E-state index is 11.6. The van der Waals surface area contributed by atoms with Gasteiger partial charge in [-0.15, -0.1) is 0 Å². The smallest absolute Gasteiger partial charge is 0.229 e. The van der Waals surface area contributed by atoms with Crippen molar-refractivity contribution in [1.82, 2.24) is 4.98 Å². The third-order valence-corrected chi connectivity index (χ3v) is 2.92. The van der Waals surface area contributed by atoms with Crippen molar-refractivity contribution in [3.63, 3.8) is 0 Å². The number of nitrogens with zero attached hydrogens (tertiary/aromatic N) is 2. The van der Waals surface area contributed by atoms with Crippen LogP contribution in [0.3, 0.4) is 0 Å². The zero-order chi connectivity index (χ0) is 10.8. The average molecular weight is 271 g/mol. The van der Waals surface area contributed by atoms with Gasteiger partial charge in [-0.05, 0) is 6.07 Å². The predicted octanol–water partition coefficient (Wildman–Crippen LogP) is 1.59. The molecule has 2 rings (SSSR count). The zero-order valence-electron chi connectivity index (χ0n) is 8.31. The number of alkyl halides is 1. The van der Waals surface area contributed by atoms with E-state index in [0.29, 0.717) is 24.5 Å². The minimum Gasteiger partial charge on any atom is -0.497 e. The number of carbonyl (C=O) groups is 1. The summed E-state index contributed by atoms with van der Waals surface area (Å²) in [7, 11) is 1.60. The van der Waals surface area contributed by atoms with E-state index >= 15 is 0 Å². The number of anilines is 1. The van der Waals surface area contributed by atoms with Crippen LogP contribution in [-0.2, 0) is 4.79 Å². The molecule has 1 aliphatic rings. The second-order valence-corrected chi connectivity index (χ2v) is 4.65. The zero-order valence-corrected chi connectivity index (χ0v) is 9.90. The fraction of sp³-hybridized carbons (Fsp3) is 0.400. The normalized spacial score (nSPS) is 20.8. The van der Waals surface area contributed by atoms with Gasteiger partial charge in [0.15, 0.2) is 0 Å². The molecule has 1 aromatic rings. The van der Waals surface area contributed by atoms with Crippen molar-refractivity contribution in [2.75, 3.05) is 18.6 Å². The van der Waals surface area contributed by atoms with Crippen molar-refractivity contribution in [1.29, 1.82) is 0 Å². The molecule has 5 heteroatoms. The van der Waals surface area contributed by atoms with E-state index in [1.54, 1.807) is 30.3 Å². The van der Waals surface area contributed by atoms with Crippen LogP contribution >= 0.6 is 15.9 Å². The molecule has 0 saturated carbocycles. The summed E-state index contributed by atoms with van der Waals surface area (Å²) in [6.45, 7) is 0.666. The first-order valence-corrected chi connectivity index (χ1v) is 5.57. The molecule has 0 bridgehead atoms. The van der Waals surface area contributed by atoms with E-state index < -0.39 is 0 Å². The van der Waals surface area contributed by atoms with Gasteiger partial charge in [0.2, 0.25) is 5.91 Å². The number of rotatable bonds is 2. The summed E-state index contributed by atoms with van der Waals surface area (Å²) in [5.74, 6) is 1.46. The quantitative estimate of drug-likeness (QED) is 0.767. The van der Waals surface area contributed by atoms with Crippen LogP contribution in [0.5, 0.6) is 5.75 Å². The van der Waals surface area contributed by atoms with Gasteiger partial charge in [-0.2, -0.15) is 0 Å². The molecule has 1 atom stereocenters. The Morgan fingerprint density at radius 1 is 1.67 bits per heavy atom. The highest BCUT2D eigenvalue weighted by Gasteiger charge is 2.29. The van der Waals surface area contributed by atoms with Crippen molar-refractivity contribution in [3.05, 3.63) is 18.3 Å². The van der Waals surface area contributed by atoms with Gasteiger partial charge in [-0.25, -0.2) is 4.98 Å². The first kappa shape index (κ1) is 10.4. The number of carbonyl (C=O) groups excluding carboxylic acids is 1. The van der Waals surface area contributed by atoms with Crippen LogP contribution in [0.15, 0.2) is 18.3 Å². The Balaban J connectivity index is 2.25. The summed E-state index contributed by atoms with van der Waals surface area (Å²) in [6.07, 6.45) is 2.17. The van der Waals surface area contributed by atoms with Gasteiger partial charge in [0, 0.05) is 30.1 Å². The van der Waals surface area contributed by atoms with Crippen molar-refractivity contribution in [2.24, 2.45) is 0 Å². The molecule has 1 amide bonds. The van der Waals surface area contributed by atoms with Crippen molar-refractivity contribution in [3.8, 4) is 5.75 Å². The van der Waals surface area contributed by atoms with Crippen molar-refractivity contribution in [2.45, 2.75) is 11.2 Å². The molecular weight excluding hydrogens is 260 g/mol. The predicted molar refractivity (Wildman–Crippen MR) is 60.5 cm³/mol. The van der Waals surface area contributed by atoms with Crippen LogP contribution in [0, 0.1) is 0 Å². The van der Waals surface area contributed by atoms with E-state index in [4.69, 9.17) is 4.74 Å². The summed E-state index contributed by atoms with van der Waals surface area (Å²) < 4.78 is 5.09. The number of hydrogen-bond donors (Lipinski definition) is 0.